The van der Waals surface area contributed by atoms with Crippen LogP contribution in [0.15, 0.2) is 59.4 Å². The van der Waals surface area contributed by atoms with Gasteiger partial charge in [0.2, 0.25) is 0 Å². The first-order valence-corrected chi connectivity index (χ1v) is 8.26. The summed E-state index contributed by atoms with van der Waals surface area (Å²) in [5.41, 5.74) is 1.69. The van der Waals surface area contributed by atoms with Crippen molar-refractivity contribution in [2.24, 2.45) is 0 Å². The number of carbonyl (C=O) groups excluding carboxylic acids is 1. The molecule has 0 bridgehead atoms. The van der Waals surface area contributed by atoms with Crippen molar-refractivity contribution in [1.82, 2.24) is 20.2 Å². The molecule has 25 heavy (non-hydrogen) atoms. The molecule has 4 rings (SSSR count). The van der Waals surface area contributed by atoms with Gasteiger partial charge in [0, 0.05) is 19.0 Å². The van der Waals surface area contributed by atoms with Crippen LogP contribution in [0.25, 0.3) is 10.9 Å². The second-order valence-electron chi connectivity index (χ2n) is 6.20. The predicted molar refractivity (Wildman–Crippen MR) is 95.4 cm³/mol. The molecule has 6 nitrogen and oxygen atoms in total. The number of urea groups is 1. The molecule has 1 saturated heterocycles. The van der Waals surface area contributed by atoms with E-state index in [1.54, 1.807) is 23.1 Å². The fourth-order valence-corrected chi connectivity index (χ4v) is 3.07. The molecule has 0 aliphatic carbocycles. The summed E-state index contributed by atoms with van der Waals surface area (Å²) in [4.78, 5) is 33.1. The van der Waals surface area contributed by atoms with Gasteiger partial charge in [-0.15, -0.1) is 0 Å². The van der Waals surface area contributed by atoms with Crippen LogP contribution in [-0.4, -0.2) is 34.0 Å². The Kier molecular flexibility index (Phi) is 3.93. The third-order valence-corrected chi connectivity index (χ3v) is 4.51. The van der Waals surface area contributed by atoms with Gasteiger partial charge in [0.1, 0.15) is 5.82 Å². The van der Waals surface area contributed by atoms with Crippen LogP contribution in [0.3, 0.4) is 0 Å². The third-order valence-electron chi connectivity index (χ3n) is 4.51. The van der Waals surface area contributed by atoms with E-state index in [2.05, 4.69) is 27.4 Å². The first-order chi connectivity index (χ1) is 12.2. The number of para-hydroxylation sites is 1. The van der Waals surface area contributed by atoms with Gasteiger partial charge >= 0.3 is 6.03 Å². The van der Waals surface area contributed by atoms with Gasteiger partial charge < -0.3 is 15.2 Å². The van der Waals surface area contributed by atoms with Gasteiger partial charge in [-0.3, -0.25) is 4.79 Å². The van der Waals surface area contributed by atoms with E-state index in [1.165, 1.54) is 5.56 Å². The summed E-state index contributed by atoms with van der Waals surface area (Å²) in [6, 6.07) is 17.2. The van der Waals surface area contributed by atoms with E-state index in [4.69, 9.17) is 0 Å². The van der Waals surface area contributed by atoms with Crippen LogP contribution in [-0.2, 0) is 6.54 Å². The average molecular weight is 334 g/mol. The van der Waals surface area contributed by atoms with Crippen molar-refractivity contribution in [2.75, 3.05) is 13.1 Å². The Balaban J connectivity index is 1.36. The van der Waals surface area contributed by atoms with Crippen LogP contribution < -0.4 is 10.9 Å². The highest BCUT2D eigenvalue weighted by Crippen LogP contribution is 2.26. The zero-order valence-corrected chi connectivity index (χ0v) is 13.6. The van der Waals surface area contributed by atoms with Gasteiger partial charge in [0.25, 0.3) is 5.56 Å². The Morgan fingerprint density at radius 2 is 1.84 bits per heavy atom. The normalized spacial score (nSPS) is 14.3. The van der Waals surface area contributed by atoms with Gasteiger partial charge in [-0.05, 0) is 17.7 Å². The Morgan fingerprint density at radius 3 is 2.64 bits per heavy atom. The predicted octanol–water partition coefficient (Wildman–Crippen LogP) is 2.23. The van der Waals surface area contributed by atoms with Crippen LogP contribution in [0.5, 0.6) is 0 Å². The smallest absolute Gasteiger partial charge is 0.317 e. The third kappa shape index (κ3) is 3.10. The molecular weight excluding hydrogens is 316 g/mol. The van der Waals surface area contributed by atoms with Crippen molar-refractivity contribution < 1.29 is 4.79 Å². The number of fused-ring (bicyclic) bond motifs is 1. The van der Waals surface area contributed by atoms with Gasteiger partial charge in [-0.25, -0.2) is 9.78 Å². The first-order valence-electron chi connectivity index (χ1n) is 8.26. The lowest BCUT2D eigenvalue weighted by Crippen LogP contribution is -2.52. The maximum absolute atomic E-state index is 12.2. The van der Waals surface area contributed by atoms with Crippen molar-refractivity contribution >= 4 is 16.9 Å². The lowest BCUT2D eigenvalue weighted by Gasteiger charge is -2.39. The molecule has 1 aliphatic rings. The number of aromatic amines is 1. The second-order valence-corrected chi connectivity index (χ2v) is 6.20. The fraction of sp³-hybridized carbons (Fsp3) is 0.211. The van der Waals surface area contributed by atoms with E-state index in [1.807, 2.05) is 24.3 Å². The number of nitrogens with one attached hydrogen (secondary N) is 2. The lowest BCUT2D eigenvalue weighted by molar-refractivity contribution is 0.150. The van der Waals surface area contributed by atoms with Crippen molar-refractivity contribution in [1.29, 1.82) is 0 Å². The summed E-state index contributed by atoms with van der Waals surface area (Å²) in [7, 11) is 0. The van der Waals surface area contributed by atoms with Crippen molar-refractivity contribution in [3.05, 3.63) is 76.3 Å². The molecule has 3 aromatic rings. The number of carbonyl (C=O) groups is 1. The molecule has 0 saturated carbocycles. The maximum Gasteiger partial charge on any atom is 0.317 e. The Bertz CT molecular complexity index is 962. The minimum atomic E-state index is -0.192. The quantitative estimate of drug-likeness (QED) is 0.771. The van der Waals surface area contributed by atoms with Crippen molar-refractivity contribution in [2.45, 2.75) is 12.5 Å². The minimum Gasteiger partial charge on any atom is -0.331 e. The molecule has 126 valence electrons. The Morgan fingerprint density at radius 1 is 1.12 bits per heavy atom. The molecule has 2 N–H and O–H groups in total. The molecule has 0 spiro atoms. The van der Waals surface area contributed by atoms with Gasteiger partial charge in [0.15, 0.2) is 0 Å². The number of H-pyrrole nitrogens is 1. The second kappa shape index (κ2) is 6.39. The Labute approximate surface area is 144 Å². The maximum atomic E-state index is 12.2. The summed E-state index contributed by atoms with van der Waals surface area (Å²) in [5, 5.41) is 3.37. The molecule has 0 unspecified atom stereocenters. The van der Waals surface area contributed by atoms with Crippen LogP contribution >= 0.6 is 0 Å². The van der Waals surface area contributed by atoms with E-state index in [-0.39, 0.29) is 18.1 Å². The van der Waals surface area contributed by atoms with E-state index >= 15 is 0 Å². The number of benzene rings is 2. The molecule has 1 aromatic heterocycles. The SMILES string of the molecule is O=C(NCc1nc2ccccc2c(=O)[nH]1)N1CC(c2ccccc2)C1. The number of aromatic nitrogens is 2. The van der Waals surface area contributed by atoms with E-state index in [9.17, 15) is 9.59 Å². The highest BCUT2D eigenvalue weighted by atomic mass is 16.2. The molecule has 6 heteroatoms. The molecular formula is C19H18N4O2. The topological polar surface area (TPSA) is 78.1 Å². The molecule has 0 radical (unpaired) electrons. The minimum absolute atomic E-state index is 0.136. The highest BCUT2D eigenvalue weighted by Gasteiger charge is 2.31. The van der Waals surface area contributed by atoms with Crippen LogP contribution in [0.1, 0.15) is 17.3 Å². The molecule has 1 fully saturated rings. The highest BCUT2D eigenvalue weighted by molar-refractivity contribution is 5.77. The number of hydrogen-bond donors (Lipinski definition) is 2. The summed E-state index contributed by atoms with van der Waals surface area (Å²) >= 11 is 0. The van der Waals surface area contributed by atoms with E-state index in [0.717, 1.165) is 0 Å². The van der Waals surface area contributed by atoms with Crippen LogP contribution in [0, 0.1) is 0 Å². The summed E-state index contributed by atoms with van der Waals surface area (Å²) in [5.74, 6) is 0.850. The number of nitrogens with zero attached hydrogens (tertiary/aromatic N) is 2. The standard InChI is InChI=1S/C19H18N4O2/c24-18-15-8-4-5-9-16(15)21-17(22-18)10-20-19(25)23-11-14(12-23)13-6-2-1-3-7-13/h1-9,14H,10-12H2,(H,20,25)(H,21,22,24). The first kappa shape index (κ1) is 15.4. The molecule has 2 amide bonds. The molecule has 2 aromatic carbocycles. The Hall–Kier alpha value is -3.15. The summed E-state index contributed by atoms with van der Waals surface area (Å²) < 4.78 is 0. The number of amides is 2. The lowest BCUT2D eigenvalue weighted by atomic mass is 9.92. The van der Waals surface area contributed by atoms with Crippen LogP contribution in [0.2, 0.25) is 0 Å². The average Bonchev–Trinajstić information content (AvgIpc) is 2.60. The summed E-state index contributed by atoms with van der Waals surface area (Å²) in [6.07, 6.45) is 0. The van der Waals surface area contributed by atoms with Gasteiger partial charge in [0.05, 0.1) is 17.4 Å². The van der Waals surface area contributed by atoms with Crippen molar-refractivity contribution in [3.8, 4) is 0 Å². The summed E-state index contributed by atoms with van der Waals surface area (Å²) in [6.45, 7) is 1.61. The number of hydrogen-bond acceptors (Lipinski definition) is 3. The van der Waals surface area contributed by atoms with Crippen molar-refractivity contribution in [3.63, 3.8) is 0 Å². The largest absolute Gasteiger partial charge is 0.331 e. The zero-order valence-electron chi connectivity index (χ0n) is 13.6. The van der Waals surface area contributed by atoms with E-state index < -0.39 is 0 Å². The number of likely N-dealkylation sites (tertiary alicyclic amines) is 1. The number of rotatable bonds is 3. The van der Waals surface area contributed by atoms with Gasteiger partial charge in [-0.2, -0.15) is 0 Å². The molecule has 2 heterocycles. The zero-order chi connectivity index (χ0) is 17.2. The fourth-order valence-electron chi connectivity index (χ4n) is 3.07. The molecule has 0 atom stereocenters. The molecule has 1 aliphatic heterocycles. The van der Waals surface area contributed by atoms with Gasteiger partial charge in [-0.1, -0.05) is 42.5 Å². The van der Waals surface area contributed by atoms with Crippen LogP contribution in [0.4, 0.5) is 4.79 Å². The van der Waals surface area contributed by atoms with E-state index in [0.29, 0.717) is 35.7 Å². The monoisotopic (exact) mass is 334 g/mol.